The minimum atomic E-state index is -1.17. The van der Waals surface area contributed by atoms with Crippen molar-refractivity contribution in [2.45, 2.75) is 19.4 Å². The molecule has 5 heteroatoms. The van der Waals surface area contributed by atoms with Gasteiger partial charge >= 0.3 is 11.9 Å². The highest BCUT2D eigenvalue weighted by Gasteiger charge is 2.21. The van der Waals surface area contributed by atoms with Crippen molar-refractivity contribution < 1.29 is 19.8 Å². The van der Waals surface area contributed by atoms with Gasteiger partial charge in [-0.2, -0.15) is 0 Å². The van der Waals surface area contributed by atoms with Crippen LogP contribution in [0.15, 0.2) is 0 Å². The molecule has 0 aliphatic heterocycles. The van der Waals surface area contributed by atoms with Crippen molar-refractivity contribution in [1.29, 1.82) is 0 Å². The van der Waals surface area contributed by atoms with E-state index in [0.29, 0.717) is 0 Å². The first-order valence-corrected chi connectivity index (χ1v) is 3.15. The highest BCUT2D eigenvalue weighted by molar-refractivity contribution is 5.75. The first-order chi connectivity index (χ1) is 4.95. The SMILES string of the molecule is CC(CC(=O)O)[C@H](N)C(=O)O. The lowest BCUT2D eigenvalue weighted by molar-refractivity contribution is -0.141. The number of hydrogen-bond acceptors (Lipinski definition) is 3. The highest BCUT2D eigenvalue weighted by Crippen LogP contribution is 2.05. The van der Waals surface area contributed by atoms with Crippen LogP contribution in [0.3, 0.4) is 0 Å². The van der Waals surface area contributed by atoms with Gasteiger partial charge in [0.1, 0.15) is 6.04 Å². The molecule has 0 radical (unpaired) electrons. The Morgan fingerprint density at radius 2 is 1.91 bits per heavy atom. The van der Waals surface area contributed by atoms with Gasteiger partial charge in [0.2, 0.25) is 0 Å². The minimum Gasteiger partial charge on any atom is -0.481 e. The summed E-state index contributed by atoms with van der Waals surface area (Å²) in [5.74, 6) is -2.74. The van der Waals surface area contributed by atoms with Crippen molar-refractivity contribution >= 4 is 11.9 Å². The van der Waals surface area contributed by atoms with E-state index in [-0.39, 0.29) is 6.42 Å². The van der Waals surface area contributed by atoms with E-state index in [1.807, 2.05) is 0 Å². The van der Waals surface area contributed by atoms with Crippen molar-refractivity contribution in [3.63, 3.8) is 0 Å². The van der Waals surface area contributed by atoms with Gasteiger partial charge < -0.3 is 15.9 Å². The normalized spacial score (nSPS) is 15.5. The molecule has 0 spiro atoms. The standard InChI is InChI=1S/C6H11NO4/c1-3(2-4(8)9)5(7)6(10)11/h3,5H,2,7H2,1H3,(H,8,9)(H,10,11)/t3?,5-/m0/s1. The Morgan fingerprint density at radius 1 is 1.45 bits per heavy atom. The molecule has 0 amide bonds. The molecular weight excluding hydrogens is 150 g/mol. The van der Waals surface area contributed by atoms with E-state index < -0.39 is 23.9 Å². The maximum Gasteiger partial charge on any atom is 0.320 e. The monoisotopic (exact) mass is 161 g/mol. The third-order valence-corrected chi connectivity index (χ3v) is 1.39. The predicted octanol–water partition coefficient (Wildman–Crippen LogP) is -0.491. The molecule has 0 aliphatic rings. The summed E-state index contributed by atoms with van der Waals surface area (Å²) >= 11 is 0. The highest BCUT2D eigenvalue weighted by atomic mass is 16.4. The molecule has 0 bridgehead atoms. The molecule has 0 aromatic rings. The molecule has 4 N–H and O–H groups in total. The number of hydrogen-bond donors (Lipinski definition) is 3. The van der Waals surface area contributed by atoms with Crippen LogP contribution in [0.1, 0.15) is 13.3 Å². The molecule has 5 nitrogen and oxygen atoms in total. The summed E-state index contributed by atoms with van der Waals surface area (Å²) in [4.78, 5) is 20.3. The number of aliphatic carboxylic acids is 2. The first-order valence-electron chi connectivity index (χ1n) is 3.15. The molecule has 0 saturated carbocycles. The second-order valence-corrected chi connectivity index (χ2v) is 2.44. The summed E-state index contributed by atoms with van der Waals surface area (Å²) in [6.45, 7) is 1.49. The Kier molecular flexibility index (Phi) is 3.53. The fraction of sp³-hybridized carbons (Fsp3) is 0.667. The van der Waals surface area contributed by atoms with Crippen LogP contribution in [-0.4, -0.2) is 28.2 Å². The second kappa shape index (κ2) is 3.92. The van der Waals surface area contributed by atoms with E-state index in [2.05, 4.69) is 0 Å². The van der Waals surface area contributed by atoms with Gasteiger partial charge in [0.15, 0.2) is 0 Å². The van der Waals surface area contributed by atoms with Crippen LogP contribution in [-0.2, 0) is 9.59 Å². The third kappa shape index (κ3) is 3.57. The van der Waals surface area contributed by atoms with Gasteiger partial charge in [0.25, 0.3) is 0 Å². The van der Waals surface area contributed by atoms with Crippen molar-refractivity contribution in [2.75, 3.05) is 0 Å². The van der Waals surface area contributed by atoms with Crippen LogP contribution < -0.4 is 5.73 Å². The number of carbonyl (C=O) groups is 2. The minimum absolute atomic E-state index is 0.215. The summed E-state index contributed by atoms with van der Waals surface area (Å²) in [5, 5.41) is 16.6. The Labute approximate surface area is 63.8 Å². The zero-order chi connectivity index (χ0) is 9.02. The lowest BCUT2D eigenvalue weighted by Gasteiger charge is -2.12. The van der Waals surface area contributed by atoms with E-state index in [9.17, 15) is 9.59 Å². The quantitative estimate of drug-likeness (QED) is 0.516. The first kappa shape index (κ1) is 9.90. The molecule has 0 aromatic heterocycles. The Hall–Kier alpha value is -1.10. The van der Waals surface area contributed by atoms with E-state index in [0.717, 1.165) is 0 Å². The number of carboxylic acid groups (broad SMARTS) is 2. The van der Waals surface area contributed by atoms with Gasteiger partial charge in [-0.25, -0.2) is 0 Å². The second-order valence-electron chi connectivity index (χ2n) is 2.44. The molecule has 2 atom stereocenters. The number of nitrogens with two attached hydrogens (primary N) is 1. The van der Waals surface area contributed by atoms with Crippen LogP contribution in [0, 0.1) is 5.92 Å². The van der Waals surface area contributed by atoms with Crippen LogP contribution in [0.4, 0.5) is 0 Å². The van der Waals surface area contributed by atoms with E-state index in [1.165, 1.54) is 6.92 Å². The summed E-state index contributed by atoms with van der Waals surface area (Å²) < 4.78 is 0. The molecule has 0 aromatic carbocycles. The van der Waals surface area contributed by atoms with Crippen LogP contribution >= 0.6 is 0 Å². The zero-order valence-corrected chi connectivity index (χ0v) is 6.15. The van der Waals surface area contributed by atoms with E-state index in [1.54, 1.807) is 0 Å². The molecule has 0 fully saturated rings. The van der Waals surface area contributed by atoms with Crippen molar-refractivity contribution in [1.82, 2.24) is 0 Å². The number of carboxylic acids is 2. The summed E-state index contributed by atoms with van der Waals surface area (Å²) in [6.07, 6.45) is -0.215. The molecule has 1 unspecified atom stereocenters. The van der Waals surface area contributed by atoms with Gasteiger partial charge in [0, 0.05) is 6.42 Å². The van der Waals surface area contributed by atoms with Crippen LogP contribution in [0.5, 0.6) is 0 Å². The van der Waals surface area contributed by atoms with Crippen molar-refractivity contribution in [2.24, 2.45) is 11.7 Å². The van der Waals surface area contributed by atoms with Crippen molar-refractivity contribution in [3.8, 4) is 0 Å². The van der Waals surface area contributed by atoms with Gasteiger partial charge in [-0.1, -0.05) is 6.92 Å². The van der Waals surface area contributed by atoms with Crippen molar-refractivity contribution in [3.05, 3.63) is 0 Å². The average molecular weight is 161 g/mol. The summed E-state index contributed by atoms with van der Waals surface area (Å²) in [5.41, 5.74) is 5.15. The van der Waals surface area contributed by atoms with Crippen LogP contribution in [0.2, 0.25) is 0 Å². The Bertz CT molecular complexity index is 168. The predicted molar refractivity (Wildman–Crippen MR) is 37.0 cm³/mol. The van der Waals surface area contributed by atoms with Crippen LogP contribution in [0.25, 0.3) is 0 Å². The maximum absolute atomic E-state index is 10.2. The van der Waals surface area contributed by atoms with Gasteiger partial charge in [-0.3, -0.25) is 9.59 Å². The van der Waals surface area contributed by atoms with Gasteiger partial charge in [-0.05, 0) is 5.92 Å². The van der Waals surface area contributed by atoms with E-state index >= 15 is 0 Å². The van der Waals surface area contributed by atoms with Gasteiger partial charge in [0.05, 0.1) is 0 Å². The Balaban J connectivity index is 3.92. The molecule has 0 aliphatic carbocycles. The average Bonchev–Trinajstić information content (AvgIpc) is 1.84. The topological polar surface area (TPSA) is 101 Å². The molecule has 0 saturated heterocycles. The summed E-state index contributed by atoms with van der Waals surface area (Å²) in [6, 6.07) is -1.09. The fourth-order valence-electron chi connectivity index (χ4n) is 0.646. The Morgan fingerprint density at radius 3 is 2.18 bits per heavy atom. The molecule has 64 valence electrons. The number of rotatable bonds is 4. The summed E-state index contributed by atoms with van der Waals surface area (Å²) in [7, 11) is 0. The largest absolute Gasteiger partial charge is 0.481 e. The molecule has 11 heavy (non-hydrogen) atoms. The van der Waals surface area contributed by atoms with E-state index in [4.69, 9.17) is 15.9 Å². The fourth-order valence-corrected chi connectivity index (χ4v) is 0.646. The van der Waals surface area contributed by atoms with Gasteiger partial charge in [-0.15, -0.1) is 0 Å². The zero-order valence-electron chi connectivity index (χ0n) is 6.15. The lowest BCUT2D eigenvalue weighted by Crippen LogP contribution is -2.37. The third-order valence-electron chi connectivity index (χ3n) is 1.39. The molecule has 0 rings (SSSR count). The maximum atomic E-state index is 10.2. The molecular formula is C6H11NO4. The lowest BCUT2D eigenvalue weighted by atomic mass is 10.00. The molecule has 0 heterocycles. The smallest absolute Gasteiger partial charge is 0.320 e.